The fourth-order valence-electron chi connectivity index (χ4n) is 2.12. The molecule has 0 saturated carbocycles. The Bertz CT molecular complexity index is 300. The van der Waals surface area contributed by atoms with Gasteiger partial charge < -0.3 is 10.1 Å². The predicted molar refractivity (Wildman–Crippen MR) is 66.7 cm³/mol. The Hall–Kier alpha value is -0.450. The fourth-order valence-corrected chi connectivity index (χ4v) is 2.88. The molecule has 4 heteroatoms. The predicted octanol–water partition coefficient (Wildman–Crippen LogP) is 2.61. The Morgan fingerprint density at radius 1 is 1.62 bits per heavy atom. The van der Waals surface area contributed by atoms with Crippen LogP contribution < -0.4 is 5.32 Å². The second kappa shape index (κ2) is 5.75. The van der Waals surface area contributed by atoms with Crippen LogP contribution in [-0.2, 0) is 4.74 Å². The zero-order valence-electron chi connectivity index (χ0n) is 9.98. The maximum absolute atomic E-state index is 5.90. The highest BCUT2D eigenvalue weighted by atomic mass is 32.1. The van der Waals surface area contributed by atoms with E-state index in [4.69, 9.17) is 4.74 Å². The van der Waals surface area contributed by atoms with Gasteiger partial charge in [-0.25, -0.2) is 0 Å². The van der Waals surface area contributed by atoms with Crippen LogP contribution in [-0.4, -0.2) is 24.2 Å². The van der Waals surface area contributed by atoms with Crippen molar-refractivity contribution in [2.24, 2.45) is 5.92 Å². The van der Waals surface area contributed by atoms with Crippen molar-refractivity contribution in [3.63, 3.8) is 0 Å². The lowest BCUT2D eigenvalue weighted by molar-refractivity contribution is -0.0262. The maximum Gasteiger partial charge on any atom is 0.0972 e. The molecule has 0 bridgehead atoms. The molecule has 3 nitrogen and oxygen atoms in total. The molecule has 2 heterocycles. The van der Waals surface area contributed by atoms with Gasteiger partial charge in [0.15, 0.2) is 0 Å². The third kappa shape index (κ3) is 3.03. The Morgan fingerprint density at radius 3 is 3.19 bits per heavy atom. The van der Waals surface area contributed by atoms with Crippen LogP contribution in [0.5, 0.6) is 0 Å². The molecule has 2 atom stereocenters. The minimum atomic E-state index is 0.257. The van der Waals surface area contributed by atoms with Crippen molar-refractivity contribution >= 4 is 11.3 Å². The fraction of sp³-hybridized carbons (Fsp3) is 0.750. The molecular formula is C12H20N2OS. The van der Waals surface area contributed by atoms with Crippen molar-refractivity contribution in [2.45, 2.75) is 38.8 Å². The highest BCUT2D eigenvalue weighted by Crippen LogP contribution is 2.34. The lowest BCUT2D eigenvalue weighted by atomic mass is 9.93. The van der Waals surface area contributed by atoms with Gasteiger partial charge in [-0.1, -0.05) is 13.8 Å². The molecule has 0 aromatic carbocycles. The smallest absolute Gasteiger partial charge is 0.0972 e. The van der Waals surface area contributed by atoms with E-state index in [1.54, 1.807) is 11.3 Å². The first-order valence-corrected chi connectivity index (χ1v) is 6.88. The zero-order valence-corrected chi connectivity index (χ0v) is 10.8. The van der Waals surface area contributed by atoms with Crippen molar-refractivity contribution in [1.29, 1.82) is 0 Å². The van der Waals surface area contributed by atoms with Gasteiger partial charge >= 0.3 is 0 Å². The molecule has 1 aromatic rings. The van der Waals surface area contributed by atoms with Gasteiger partial charge in [-0.05, 0) is 12.8 Å². The number of hydrogen-bond donors (Lipinski definition) is 1. The van der Waals surface area contributed by atoms with Gasteiger partial charge in [-0.2, -0.15) is 0 Å². The summed E-state index contributed by atoms with van der Waals surface area (Å²) < 4.78 is 5.90. The molecular weight excluding hydrogens is 220 g/mol. The van der Waals surface area contributed by atoms with Gasteiger partial charge in [0.1, 0.15) is 0 Å². The number of nitrogens with one attached hydrogen (secondary N) is 1. The minimum absolute atomic E-state index is 0.257. The molecule has 0 radical (unpaired) electrons. The molecule has 1 aliphatic rings. The molecule has 2 rings (SSSR count). The van der Waals surface area contributed by atoms with Gasteiger partial charge in [-0.15, -0.1) is 11.3 Å². The zero-order chi connectivity index (χ0) is 11.4. The van der Waals surface area contributed by atoms with E-state index < -0.39 is 0 Å². The van der Waals surface area contributed by atoms with E-state index in [-0.39, 0.29) is 6.10 Å². The third-order valence-corrected chi connectivity index (χ3v) is 3.80. The summed E-state index contributed by atoms with van der Waals surface area (Å²) in [5, 5.41) is 3.51. The summed E-state index contributed by atoms with van der Waals surface area (Å²) in [6.07, 6.45) is 4.64. The molecule has 1 N–H and O–H groups in total. The second-order valence-electron chi connectivity index (χ2n) is 4.66. The Balaban J connectivity index is 1.97. The third-order valence-electron chi connectivity index (χ3n) is 2.96. The van der Waals surface area contributed by atoms with Crippen LogP contribution in [0.4, 0.5) is 0 Å². The van der Waals surface area contributed by atoms with E-state index in [0.717, 1.165) is 13.2 Å². The van der Waals surface area contributed by atoms with E-state index in [2.05, 4.69) is 24.1 Å². The normalized spacial score (nSPS) is 26.2. The van der Waals surface area contributed by atoms with E-state index in [0.29, 0.717) is 12.0 Å². The van der Waals surface area contributed by atoms with E-state index in [1.165, 1.54) is 17.7 Å². The molecule has 90 valence electrons. The first-order chi connectivity index (χ1) is 7.77. The highest BCUT2D eigenvalue weighted by Gasteiger charge is 2.28. The molecule has 1 aromatic heterocycles. The summed E-state index contributed by atoms with van der Waals surface area (Å²) in [7, 11) is 0. The second-order valence-corrected chi connectivity index (χ2v) is 5.58. The molecule has 0 spiro atoms. The van der Waals surface area contributed by atoms with E-state index in [1.807, 2.05) is 11.7 Å². The Morgan fingerprint density at radius 2 is 2.50 bits per heavy atom. The lowest BCUT2D eigenvalue weighted by Gasteiger charge is -2.31. The highest BCUT2D eigenvalue weighted by molar-refractivity contribution is 7.09. The van der Waals surface area contributed by atoms with Gasteiger partial charge in [0.05, 0.1) is 16.5 Å². The van der Waals surface area contributed by atoms with Crippen molar-refractivity contribution in [2.75, 3.05) is 13.2 Å². The topological polar surface area (TPSA) is 34.1 Å². The average Bonchev–Trinajstić information content (AvgIpc) is 2.80. The first kappa shape index (κ1) is 12.0. The first-order valence-electron chi connectivity index (χ1n) is 6.00. The van der Waals surface area contributed by atoms with E-state index in [9.17, 15) is 0 Å². The number of rotatable bonds is 4. The summed E-state index contributed by atoms with van der Waals surface area (Å²) in [6, 6.07) is 0.545. The van der Waals surface area contributed by atoms with Crippen LogP contribution in [0.25, 0.3) is 0 Å². The Kier molecular flexibility index (Phi) is 4.32. The Labute approximate surface area is 101 Å². The number of thiazole rings is 1. The molecule has 0 amide bonds. The number of ether oxygens (including phenoxy) is 1. The molecule has 1 aliphatic heterocycles. The van der Waals surface area contributed by atoms with Gasteiger partial charge in [0.2, 0.25) is 0 Å². The quantitative estimate of drug-likeness (QED) is 0.878. The van der Waals surface area contributed by atoms with Crippen LogP contribution in [0.2, 0.25) is 0 Å². The standard InChI is InChI=1S/C12H20N2OS/c1-9(2)14-6-10-4-3-5-15-12(10)11-7-13-8-16-11/h7-10,12,14H,3-6H2,1-2H3. The van der Waals surface area contributed by atoms with Crippen molar-refractivity contribution in [3.8, 4) is 0 Å². The largest absolute Gasteiger partial charge is 0.372 e. The van der Waals surface area contributed by atoms with Crippen LogP contribution in [0, 0.1) is 5.92 Å². The van der Waals surface area contributed by atoms with Gasteiger partial charge in [0.25, 0.3) is 0 Å². The van der Waals surface area contributed by atoms with E-state index >= 15 is 0 Å². The lowest BCUT2D eigenvalue weighted by Crippen LogP contribution is -2.34. The van der Waals surface area contributed by atoms with Gasteiger partial charge in [0, 0.05) is 31.3 Å². The molecule has 16 heavy (non-hydrogen) atoms. The van der Waals surface area contributed by atoms with Gasteiger partial charge in [-0.3, -0.25) is 4.98 Å². The number of nitrogens with zero attached hydrogens (tertiary/aromatic N) is 1. The maximum atomic E-state index is 5.90. The summed E-state index contributed by atoms with van der Waals surface area (Å²) >= 11 is 1.70. The number of hydrogen-bond acceptors (Lipinski definition) is 4. The number of aromatic nitrogens is 1. The molecule has 1 fully saturated rings. The molecule has 0 aliphatic carbocycles. The monoisotopic (exact) mass is 240 g/mol. The van der Waals surface area contributed by atoms with Crippen LogP contribution >= 0.6 is 11.3 Å². The summed E-state index contributed by atoms with van der Waals surface area (Å²) in [5.41, 5.74) is 1.89. The molecule has 2 unspecified atom stereocenters. The van der Waals surface area contributed by atoms with Crippen molar-refractivity contribution < 1.29 is 4.74 Å². The summed E-state index contributed by atoms with van der Waals surface area (Å²) in [5.74, 6) is 0.594. The van der Waals surface area contributed by atoms with Crippen LogP contribution in [0.15, 0.2) is 11.7 Å². The van der Waals surface area contributed by atoms with Crippen molar-refractivity contribution in [1.82, 2.24) is 10.3 Å². The average molecular weight is 240 g/mol. The minimum Gasteiger partial charge on any atom is -0.372 e. The summed E-state index contributed by atoms with van der Waals surface area (Å²) in [4.78, 5) is 5.42. The SMILES string of the molecule is CC(C)NCC1CCCOC1c1cncs1. The molecule has 1 saturated heterocycles. The van der Waals surface area contributed by atoms with Crippen LogP contribution in [0.3, 0.4) is 0 Å². The van der Waals surface area contributed by atoms with Crippen LogP contribution in [0.1, 0.15) is 37.7 Å². The summed E-state index contributed by atoms with van der Waals surface area (Å²) in [6.45, 7) is 6.30. The van der Waals surface area contributed by atoms with Crippen molar-refractivity contribution in [3.05, 3.63) is 16.6 Å².